The van der Waals surface area contributed by atoms with Crippen LogP contribution in [0.25, 0.3) is 0 Å². The molecule has 0 aromatic heterocycles. The average Bonchev–Trinajstić information content (AvgIpc) is 2.72. The molecule has 0 aliphatic carbocycles. The van der Waals surface area contributed by atoms with E-state index in [2.05, 4.69) is 5.16 Å². The summed E-state index contributed by atoms with van der Waals surface area (Å²) in [6.45, 7) is 0.152. The Balaban J connectivity index is 1.72. The summed E-state index contributed by atoms with van der Waals surface area (Å²) in [4.78, 5) is 15.9. The van der Waals surface area contributed by atoms with Crippen molar-refractivity contribution >= 4 is 11.7 Å². The highest BCUT2D eigenvalue weighted by atomic mass is 16.6. The lowest BCUT2D eigenvalue weighted by molar-refractivity contribution is -0.136. The molecule has 0 amide bonds. The summed E-state index contributed by atoms with van der Waals surface area (Å²) in [6, 6.07) is 23.9. The zero-order valence-corrected chi connectivity index (χ0v) is 15.9. The van der Waals surface area contributed by atoms with Crippen LogP contribution in [0.5, 0.6) is 17.2 Å². The number of rotatable bonds is 9. The average molecular weight is 391 g/mol. The van der Waals surface area contributed by atoms with Crippen LogP contribution in [0, 0.1) is 0 Å². The molecule has 0 atom stereocenters. The molecular weight excluding hydrogens is 370 g/mol. The fraction of sp³-hybridized carbons (Fsp3) is 0.130. The summed E-state index contributed by atoms with van der Waals surface area (Å²) in [6.07, 6.45) is -0.0604. The zero-order chi connectivity index (χ0) is 20.5. The van der Waals surface area contributed by atoms with E-state index < -0.39 is 5.97 Å². The Morgan fingerprint density at radius 2 is 1.62 bits per heavy atom. The quantitative estimate of drug-likeness (QED) is 0.428. The van der Waals surface area contributed by atoms with Crippen LogP contribution < -0.4 is 9.47 Å². The fourth-order valence-electron chi connectivity index (χ4n) is 2.71. The van der Waals surface area contributed by atoms with Gasteiger partial charge in [-0.1, -0.05) is 47.6 Å². The molecule has 29 heavy (non-hydrogen) atoms. The number of para-hydroxylation sites is 1. The van der Waals surface area contributed by atoms with Gasteiger partial charge in [0.25, 0.3) is 0 Å². The van der Waals surface area contributed by atoms with Crippen molar-refractivity contribution in [3.8, 4) is 17.2 Å². The molecule has 3 aromatic carbocycles. The number of hydrogen-bond acceptors (Lipinski definition) is 5. The van der Waals surface area contributed by atoms with Crippen molar-refractivity contribution < 1.29 is 24.2 Å². The maximum atomic E-state index is 10.9. The summed E-state index contributed by atoms with van der Waals surface area (Å²) >= 11 is 0. The van der Waals surface area contributed by atoms with Crippen LogP contribution in [-0.4, -0.2) is 30.5 Å². The van der Waals surface area contributed by atoms with Crippen molar-refractivity contribution in [3.05, 3.63) is 90.0 Å². The number of hydrogen-bond donors (Lipinski definition) is 1. The van der Waals surface area contributed by atoms with Gasteiger partial charge in [-0.3, -0.25) is 4.79 Å². The molecule has 3 aromatic rings. The van der Waals surface area contributed by atoms with Crippen molar-refractivity contribution in [3.63, 3.8) is 0 Å². The molecule has 0 saturated heterocycles. The predicted molar refractivity (Wildman–Crippen MR) is 110 cm³/mol. The minimum Gasteiger partial charge on any atom is -0.487 e. The van der Waals surface area contributed by atoms with Gasteiger partial charge in [-0.15, -0.1) is 0 Å². The van der Waals surface area contributed by atoms with E-state index in [0.29, 0.717) is 22.8 Å². The lowest BCUT2D eigenvalue weighted by Gasteiger charge is -2.11. The Labute approximate surface area is 169 Å². The van der Waals surface area contributed by atoms with Crippen molar-refractivity contribution in [1.29, 1.82) is 0 Å². The third kappa shape index (κ3) is 6.10. The SMILES string of the molecule is CON=C(COc1cccc(CC(=O)O)c1)c1cccc(Oc2ccccc2)c1. The Morgan fingerprint density at radius 3 is 2.38 bits per heavy atom. The molecule has 0 heterocycles. The van der Waals surface area contributed by atoms with E-state index in [4.69, 9.17) is 19.4 Å². The molecule has 0 aliphatic rings. The summed E-state index contributed by atoms with van der Waals surface area (Å²) in [7, 11) is 1.47. The second-order valence-corrected chi connectivity index (χ2v) is 6.17. The fourth-order valence-corrected chi connectivity index (χ4v) is 2.71. The molecule has 0 saturated carbocycles. The van der Waals surface area contributed by atoms with Gasteiger partial charge in [0.2, 0.25) is 0 Å². The number of oxime groups is 1. The third-order valence-electron chi connectivity index (χ3n) is 3.98. The van der Waals surface area contributed by atoms with Crippen LogP contribution in [-0.2, 0) is 16.1 Å². The van der Waals surface area contributed by atoms with Gasteiger partial charge in [0.1, 0.15) is 36.7 Å². The molecule has 0 fully saturated rings. The summed E-state index contributed by atoms with van der Waals surface area (Å²) < 4.78 is 11.7. The first-order valence-corrected chi connectivity index (χ1v) is 9.01. The van der Waals surface area contributed by atoms with Gasteiger partial charge < -0.3 is 19.4 Å². The molecule has 6 heteroatoms. The van der Waals surface area contributed by atoms with Crippen LogP contribution in [0.15, 0.2) is 84.0 Å². The minimum absolute atomic E-state index is 0.0604. The maximum absolute atomic E-state index is 10.9. The lowest BCUT2D eigenvalue weighted by Crippen LogP contribution is -2.14. The molecule has 0 bridgehead atoms. The lowest BCUT2D eigenvalue weighted by atomic mass is 10.1. The molecule has 148 valence electrons. The number of nitrogens with zero attached hydrogens (tertiary/aromatic N) is 1. The molecule has 0 spiro atoms. The second-order valence-electron chi connectivity index (χ2n) is 6.17. The van der Waals surface area contributed by atoms with E-state index in [1.807, 2.05) is 54.6 Å². The van der Waals surface area contributed by atoms with Crippen LogP contribution in [0.1, 0.15) is 11.1 Å². The molecule has 0 unspecified atom stereocenters. The van der Waals surface area contributed by atoms with Crippen LogP contribution in [0.4, 0.5) is 0 Å². The van der Waals surface area contributed by atoms with E-state index in [-0.39, 0.29) is 13.0 Å². The van der Waals surface area contributed by atoms with E-state index >= 15 is 0 Å². The first-order chi connectivity index (χ1) is 14.1. The molecule has 0 aliphatic heterocycles. The Morgan fingerprint density at radius 1 is 0.897 bits per heavy atom. The number of ether oxygens (including phenoxy) is 2. The first-order valence-electron chi connectivity index (χ1n) is 9.01. The topological polar surface area (TPSA) is 77.4 Å². The maximum Gasteiger partial charge on any atom is 0.307 e. The standard InChI is InChI=1S/C23H21NO5/c1-27-24-22(16-28-20-11-5-7-17(13-20)14-23(25)26)18-8-6-12-21(15-18)29-19-9-3-2-4-10-19/h2-13,15H,14,16H2,1H3,(H,25,26). The largest absolute Gasteiger partial charge is 0.487 e. The van der Waals surface area contributed by atoms with Gasteiger partial charge in [0.15, 0.2) is 0 Å². The van der Waals surface area contributed by atoms with E-state index in [1.54, 1.807) is 24.3 Å². The Kier molecular flexibility index (Phi) is 6.84. The second kappa shape index (κ2) is 9.94. The number of carbonyl (C=O) groups is 1. The highest BCUT2D eigenvalue weighted by Crippen LogP contribution is 2.22. The Bertz CT molecular complexity index is 985. The predicted octanol–water partition coefficient (Wildman–Crippen LogP) is 4.54. The highest BCUT2D eigenvalue weighted by molar-refractivity contribution is 6.01. The summed E-state index contributed by atoms with van der Waals surface area (Å²) in [5.74, 6) is 1.07. The molecule has 6 nitrogen and oxygen atoms in total. The Hall–Kier alpha value is -3.80. The zero-order valence-electron chi connectivity index (χ0n) is 15.9. The van der Waals surface area contributed by atoms with Crippen LogP contribution >= 0.6 is 0 Å². The highest BCUT2D eigenvalue weighted by Gasteiger charge is 2.09. The van der Waals surface area contributed by atoms with Crippen molar-refractivity contribution in [2.75, 3.05) is 13.7 Å². The number of carboxylic acid groups (broad SMARTS) is 1. The smallest absolute Gasteiger partial charge is 0.307 e. The van der Waals surface area contributed by atoms with Crippen molar-refractivity contribution in [2.24, 2.45) is 5.16 Å². The van der Waals surface area contributed by atoms with Crippen molar-refractivity contribution in [2.45, 2.75) is 6.42 Å². The van der Waals surface area contributed by atoms with Gasteiger partial charge in [0, 0.05) is 5.56 Å². The minimum atomic E-state index is -0.890. The van der Waals surface area contributed by atoms with Gasteiger partial charge >= 0.3 is 5.97 Å². The van der Waals surface area contributed by atoms with Crippen LogP contribution in [0.3, 0.4) is 0 Å². The monoisotopic (exact) mass is 391 g/mol. The van der Waals surface area contributed by atoms with Crippen molar-refractivity contribution in [1.82, 2.24) is 0 Å². The normalized spacial score (nSPS) is 11.0. The first kappa shape index (κ1) is 19.9. The van der Waals surface area contributed by atoms with E-state index in [9.17, 15) is 4.79 Å². The third-order valence-corrected chi connectivity index (χ3v) is 3.98. The molecular formula is C23H21NO5. The molecule has 1 N–H and O–H groups in total. The number of aliphatic carboxylic acids is 1. The number of benzene rings is 3. The van der Waals surface area contributed by atoms with Crippen LogP contribution in [0.2, 0.25) is 0 Å². The van der Waals surface area contributed by atoms with Gasteiger partial charge in [0.05, 0.1) is 6.42 Å². The summed E-state index contributed by atoms with van der Waals surface area (Å²) in [5.41, 5.74) is 2.04. The van der Waals surface area contributed by atoms with E-state index in [0.717, 1.165) is 11.3 Å². The van der Waals surface area contributed by atoms with Gasteiger partial charge in [-0.05, 0) is 42.0 Å². The molecule has 0 radical (unpaired) electrons. The van der Waals surface area contributed by atoms with E-state index in [1.165, 1.54) is 7.11 Å². The summed E-state index contributed by atoms with van der Waals surface area (Å²) in [5, 5.41) is 13.0. The van der Waals surface area contributed by atoms with Gasteiger partial charge in [-0.25, -0.2) is 0 Å². The molecule has 3 rings (SSSR count). The number of carboxylic acids is 1. The van der Waals surface area contributed by atoms with Gasteiger partial charge in [-0.2, -0.15) is 0 Å².